The van der Waals surface area contributed by atoms with Crippen molar-refractivity contribution in [3.63, 3.8) is 0 Å². The molecule has 7 nitrogen and oxygen atoms in total. The molecule has 0 radical (unpaired) electrons. The van der Waals surface area contributed by atoms with E-state index in [9.17, 15) is 14.4 Å². The number of anilines is 1. The summed E-state index contributed by atoms with van der Waals surface area (Å²) in [6.07, 6.45) is 3.93. The van der Waals surface area contributed by atoms with E-state index >= 15 is 0 Å². The van der Waals surface area contributed by atoms with Gasteiger partial charge >= 0.3 is 5.97 Å². The number of piperidine rings is 1. The van der Waals surface area contributed by atoms with Crippen molar-refractivity contribution in [3.8, 4) is 0 Å². The predicted molar refractivity (Wildman–Crippen MR) is 104 cm³/mol. The van der Waals surface area contributed by atoms with E-state index in [2.05, 4.69) is 5.32 Å². The highest BCUT2D eigenvalue weighted by molar-refractivity contribution is 6.44. The highest BCUT2D eigenvalue weighted by atomic mass is 35.5. The van der Waals surface area contributed by atoms with Crippen LogP contribution in [0.1, 0.15) is 25.3 Å². The van der Waals surface area contributed by atoms with Gasteiger partial charge in [-0.15, -0.1) is 0 Å². The number of nitrogens with zero attached hydrogens (tertiary/aromatic N) is 1. The number of likely N-dealkylation sites (tertiary alicyclic amines) is 1. The van der Waals surface area contributed by atoms with Gasteiger partial charge in [0, 0.05) is 25.1 Å². The largest absolute Gasteiger partial charge is 0.480 e. The van der Waals surface area contributed by atoms with Gasteiger partial charge < -0.3 is 21.1 Å². The number of carboxylic acid groups (broad SMARTS) is 1. The number of carbonyl (C=O) groups is 3. The lowest BCUT2D eigenvalue weighted by Gasteiger charge is -2.31. The summed E-state index contributed by atoms with van der Waals surface area (Å²) in [6, 6.07) is 2.35. The smallest absolute Gasteiger partial charge is 0.325 e. The zero-order chi connectivity index (χ0) is 20.1. The van der Waals surface area contributed by atoms with Gasteiger partial charge in [-0.2, -0.15) is 0 Å². The lowest BCUT2D eigenvalue weighted by molar-refractivity contribution is -0.142. The molecule has 0 aromatic heterocycles. The summed E-state index contributed by atoms with van der Waals surface area (Å²) >= 11 is 12.1. The fraction of sp³-hybridized carbons (Fsp3) is 0.389. The van der Waals surface area contributed by atoms with E-state index in [0.29, 0.717) is 37.2 Å². The average Bonchev–Trinajstić information content (AvgIpc) is 2.65. The summed E-state index contributed by atoms with van der Waals surface area (Å²) in [5, 5.41) is 11.8. The van der Waals surface area contributed by atoms with Crippen molar-refractivity contribution in [2.75, 3.05) is 18.8 Å². The van der Waals surface area contributed by atoms with E-state index in [-0.39, 0.29) is 27.8 Å². The van der Waals surface area contributed by atoms with Crippen LogP contribution in [0.15, 0.2) is 18.2 Å². The van der Waals surface area contributed by atoms with Crippen molar-refractivity contribution in [2.24, 2.45) is 5.92 Å². The van der Waals surface area contributed by atoms with Gasteiger partial charge in [0.25, 0.3) is 0 Å². The van der Waals surface area contributed by atoms with E-state index in [4.69, 9.17) is 34.0 Å². The molecule has 1 aromatic rings. The summed E-state index contributed by atoms with van der Waals surface area (Å²) in [7, 11) is 0. The first-order valence-corrected chi connectivity index (χ1v) is 9.20. The molecule has 1 aliphatic heterocycles. The first kappa shape index (κ1) is 21.1. The molecule has 146 valence electrons. The van der Waals surface area contributed by atoms with Gasteiger partial charge in [0.15, 0.2) is 0 Å². The van der Waals surface area contributed by atoms with Gasteiger partial charge in [-0.25, -0.2) is 0 Å². The number of nitrogens with one attached hydrogen (secondary N) is 1. The molecule has 27 heavy (non-hydrogen) atoms. The summed E-state index contributed by atoms with van der Waals surface area (Å²) in [4.78, 5) is 36.9. The number of benzene rings is 1. The number of halogens is 2. The Morgan fingerprint density at radius 1 is 1.26 bits per heavy atom. The van der Waals surface area contributed by atoms with Crippen molar-refractivity contribution < 1.29 is 19.5 Å². The van der Waals surface area contributed by atoms with Crippen LogP contribution in [-0.2, 0) is 14.4 Å². The molecule has 1 unspecified atom stereocenters. The number of nitrogens with two attached hydrogens (primary N) is 1. The SMILES string of the molecule is CC(NC(=O)C1CCN(C(=O)/C=C/c2ccc(N)c(Cl)c2Cl)CC1)C(=O)O. The van der Waals surface area contributed by atoms with Crippen molar-refractivity contribution in [1.82, 2.24) is 10.2 Å². The van der Waals surface area contributed by atoms with Gasteiger partial charge in [0.1, 0.15) is 6.04 Å². The summed E-state index contributed by atoms with van der Waals surface area (Å²) in [6.45, 7) is 2.25. The van der Waals surface area contributed by atoms with Gasteiger partial charge in [0.05, 0.1) is 15.7 Å². The Morgan fingerprint density at radius 3 is 2.48 bits per heavy atom. The highest BCUT2D eigenvalue weighted by Crippen LogP contribution is 2.31. The van der Waals surface area contributed by atoms with Crippen LogP contribution in [0.5, 0.6) is 0 Å². The fourth-order valence-corrected chi connectivity index (χ4v) is 3.14. The normalized spacial score (nSPS) is 16.3. The van der Waals surface area contributed by atoms with Crippen molar-refractivity contribution in [3.05, 3.63) is 33.8 Å². The minimum atomic E-state index is -1.08. The number of carbonyl (C=O) groups excluding carboxylic acids is 2. The molecule has 1 aromatic carbocycles. The Balaban J connectivity index is 1.90. The number of nitrogen functional groups attached to an aromatic ring is 1. The molecule has 2 rings (SSSR count). The van der Waals surface area contributed by atoms with Gasteiger partial charge in [-0.1, -0.05) is 29.3 Å². The monoisotopic (exact) mass is 413 g/mol. The Hall–Kier alpha value is -2.25. The Bertz CT molecular complexity index is 774. The van der Waals surface area contributed by atoms with Crippen LogP contribution in [0.2, 0.25) is 10.0 Å². The van der Waals surface area contributed by atoms with Crippen LogP contribution in [0.25, 0.3) is 6.08 Å². The number of hydrogen-bond donors (Lipinski definition) is 3. The van der Waals surface area contributed by atoms with Crippen molar-refractivity contribution in [2.45, 2.75) is 25.8 Å². The maximum atomic E-state index is 12.3. The van der Waals surface area contributed by atoms with Gasteiger partial charge in [0.2, 0.25) is 11.8 Å². The summed E-state index contributed by atoms with van der Waals surface area (Å²) < 4.78 is 0. The quantitative estimate of drug-likeness (QED) is 0.506. The fourth-order valence-electron chi connectivity index (χ4n) is 2.73. The second-order valence-corrected chi connectivity index (χ2v) is 7.13. The standard InChI is InChI=1S/C18H21Cl2N3O4/c1-10(18(26)27)22-17(25)12-6-8-23(9-7-12)14(24)5-3-11-2-4-13(21)16(20)15(11)19/h2-5,10,12H,6-9,21H2,1H3,(H,22,25)(H,26,27)/b5-3+. The van der Waals surface area contributed by atoms with Crippen LogP contribution in [-0.4, -0.2) is 46.9 Å². The molecule has 0 bridgehead atoms. The van der Waals surface area contributed by atoms with Crippen LogP contribution < -0.4 is 11.1 Å². The second-order valence-electron chi connectivity index (χ2n) is 6.37. The first-order valence-electron chi connectivity index (χ1n) is 8.44. The van der Waals surface area contributed by atoms with Gasteiger partial charge in [-0.3, -0.25) is 14.4 Å². The van der Waals surface area contributed by atoms with E-state index in [1.165, 1.54) is 13.0 Å². The van der Waals surface area contributed by atoms with Crippen LogP contribution >= 0.6 is 23.2 Å². The first-order chi connectivity index (χ1) is 12.7. The molecule has 0 saturated carbocycles. The number of rotatable bonds is 5. The third-order valence-electron chi connectivity index (χ3n) is 4.45. The molecule has 1 heterocycles. The molecule has 0 aliphatic carbocycles. The molecule has 4 N–H and O–H groups in total. The van der Waals surface area contributed by atoms with Crippen LogP contribution in [0.3, 0.4) is 0 Å². The van der Waals surface area contributed by atoms with Crippen molar-refractivity contribution >= 4 is 52.7 Å². The highest BCUT2D eigenvalue weighted by Gasteiger charge is 2.28. The van der Waals surface area contributed by atoms with E-state index in [1.807, 2.05) is 0 Å². The molecular weight excluding hydrogens is 393 g/mol. The lowest BCUT2D eigenvalue weighted by Crippen LogP contribution is -2.46. The lowest BCUT2D eigenvalue weighted by atomic mass is 9.95. The molecule has 1 aliphatic rings. The van der Waals surface area contributed by atoms with Gasteiger partial charge in [-0.05, 0) is 37.5 Å². The second kappa shape index (κ2) is 9.10. The summed E-state index contributed by atoms with van der Waals surface area (Å²) in [5.74, 6) is -1.87. The molecule has 1 fully saturated rings. The molecule has 9 heteroatoms. The maximum absolute atomic E-state index is 12.3. The van der Waals surface area contributed by atoms with E-state index in [0.717, 1.165) is 0 Å². The molecular formula is C18H21Cl2N3O4. The van der Waals surface area contributed by atoms with Crippen LogP contribution in [0.4, 0.5) is 5.69 Å². The molecule has 1 saturated heterocycles. The minimum absolute atomic E-state index is 0.197. The average molecular weight is 414 g/mol. The zero-order valence-electron chi connectivity index (χ0n) is 14.7. The Kier molecular flexibility index (Phi) is 7.10. The maximum Gasteiger partial charge on any atom is 0.325 e. The van der Waals surface area contributed by atoms with Crippen molar-refractivity contribution in [1.29, 1.82) is 0 Å². The number of hydrogen-bond acceptors (Lipinski definition) is 4. The zero-order valence-corrected chi connectivity index (χ0v) is 16.3. The summed E-state index contributed by atoms with van der Waals surface area (Å²) in [5.41, 5.74) is 6.61. The van der Waals surface area contributed by atoms with E-state index < -0.39 is 12.0 Å². The molecule has 0 spiro atoms. The number of amides is 2. The molecule has 1 atom stereocenters. The number of carboxylic acids is 1. The third kappa shape index (κ3) is 5.37. The number of aliphatic carboxylic acids is 1. The predicted octanol–water partition coefficient (Wildman–Crippen LogP) is 2.42. The van der Waals surface area contributed by atoms with E-state index in [1.54, 1.807) is 23.1 Å². The Morgan fingerprint density at radius 2 is 1.89 bits per heavy atom. The Labute approximate surface area is 167 Å². The minimum Gasteiger partial charge on any atom is -0.480 e. The topological polar surface area (TPSA) is 113 Å². The third-order valence-corrected chi connectivity index (χ3v) is 5.37. The van der Waals surface area contributed by atoms with Crippen LogP contribution in [0, 0.1) is 5.92 Å². The molecule has 2 amide bonds.